The summed E-state index contributed by atoms with van der Waals surface area (Å²) in [7, 11) is 0. The van der Waals surface area contributed by atoms with Crippen molar-refractivity contribution < 1.29 is 4.74 Å². The summed E-state index contributed by atoms with van der Waals surface area (Å²) in [6, 6.07) is 9.78. The molecule has 3 rings (SSSR count). The summed E-state index contributed by atoms with van der Waals surface area (Å²) in [5.41, 5.74) is 8.87. The van der Waals surface area contributed by atoms with Gasteiger partial charge in [0.1, 0.15) is 0 Å². The third-order valence-electron chi connectivity index (χ3n) is 4.04. The summed E-state index contributed by atoms with van der Waals surface area (Å²) in [5, 5.41) is 0. The molecule has 2 heterocycles. The number of rotatable bonds is 2. The van der Waals surface area contributed by atoms with Gasteiger partial charge in [-0.1, -0.05) is 24.3 Å². The van der Waals surface area contributed by atoms with Gasteiger partial charge in [-0.3, -0.25) is 4.90 Å². The quantitative estimate of drug-likeness (QED) is 0.831. The molecule has 1 saturated heterocycles. The van der Waals surface area contributed by atoms with Crippen LogP contribution in [0.5, 0.6) is 0 Å². The molecule has 0 aromatic heterocycles. The first kappa shape index (κ1) is 11.2. The van der Waals surface area contributed by atoms with E-state index in [1.54, 1.807) is 0 Å². The molecule has 0 amide bonds. The van der Waals surface area contributed by atoms with Gasteiger partial charge in [0.05, 0.1) is 6.61 Å². The van der Waals surface area contributed by atoms with Gasteiger partial charge in [0.2, 0.25) is 0 Å². The van der Waals surface area contributed by atoms with Gasteiger partial charge in [0.25, 0.3) is 0 Å². The van der Waals surface area contributed by atoms with Crippen LogP contribution < -0.4 is 5.73 Å². The molecule has 2 atom stereocenters. The highest BCUT2D eigenvalue weighted by Crippen LogP contribution is 2.27. The summed E-state index contributed by atoms with van der Waals surface area (Å²) in [6.07, 6.45) is 2.24. The molecule has 2 unspecified atom stereocenters. The Morgan fingerprint density at radius 1 is 1.29 bits per heavy atom. The van der Waals surface area contributed by atoms with E-state index >= 15 is 0 Å². The smallest absolute Gasteiger partial charge is 0.0622 e. The Balaban J connectivity index is 1.84. The van der Waals surface area contributed by atoms with Crippen molar-refractivity contribution >= 4 is 0 Å². The van der Waals surface area contributed by atoms with Gasteiger partial charge in [-0.05, 0) is 24.0 Å². The van der Waals surface area contributed by atoms with Crippen LogP contribution in [0.3, 0.4) is 0 Å². The molecule has 1 aromatic carbocycles. The fourth-order valence-corrected chi connectivity index (χ4v) is 3.04. The highest BCUT2D eigenvalue weighted by Gasteiger charge is 2.32. The van der Waals surface area contributed by atoms with Gasteiger partial charge in [-0.15, -0.1) is 0 Å². The third kappa shape index (κ3) is 2.10. The normalized spacial score (nSPS) is 29.2. The van der Waals surface area contributed by atoms with Crippen LogP contribution in [0.2, 0.25) is 0 Å². The maximum atomic E-state index is 5.94. The van der Waals surface area contributed by atoms with Crippen molar-refractivity contribution in [1.82, 2.24) is 4.90 Å². The second-order valence-corrected chi connectivity index (χ2v) is 5.05. The number of ether oxygens (including phenoxy) is 1. The van der Waals surface area contributed by atoms with E-state index in [2.05, 4.69) is 29.2 Å². The van der Waals surface area contributed by atoms with Crippen LogP contribution in [0.15, 0.2) is 24.3 Å². The van der Waals surface area contributed by atoms with E-state index in [1.165, 1.54) is 11.1 Å². The maximum absolute atomic E-state index is 5.94. The second-order valence-electron chi connectivity index (χ2n) is 5.05. The van der Waals surface area contributed by atoms with E-state index in [9.17, 15) is 0 Å². The van der Waals surface area contributed by atoms with Crippen molar-refractivity contribution in [1.29, 1.82) is 0 Å². The number of nitrogens with two attached hydrogens (primary N) is 1. The van der Waals surface area contributed by atoms with Crippen molar-refractivity contribution in [3.8, 4) is 0 Å². The summed E-state index contributed by atoms with van der Waals surface area (Å²) < 4.78 is 5.51. The first-order valence-corrected chi connectivity index (χ1v) is 6.49. The van der Waals surface area contributed by atoms with Crippen LogP contribution in [0.4, 0.5) is 0 Å². The molecular formula is C14H20N2O. The molecular weight excluding hydrogens is 212 g/mol. The molecule has 1 fully saturated rings. The second kappa shape index (κ2) is 4.77. The SMILES string of the molecule is NCC1Cc2ccccc2CN1C1CCOC1. The zero-order valence-corrected chi connectivity index (χ0v) is 10.1. The third-order valence-corrected chi connectivity index (χ3v) is 4.04. The Bertz CT molecular complexity index is 388. The standard InChI is InChI=1S/C14H20N2O/c15-8-14-7-11-3-1-2-4-12(11)9-16(14)13-5-6-17-10-13/h1-4,13-14H,5-10,15H2. The minimum Gasteiger partial charge on any atom is -0.380 e. The summed E-state index contributed by atoms with van der Waals surface area (Å²) in [6.45, 7) is 3.55. The molecule has 3 nitrogen and oxygen atoms in total. The molecule has 2 aliphatic heterocycles. The molecule has 0 saturated carbocycles. The van der Waals surface area contributed by atoms with Crippen LogP contribution in [-0.2, 0) is 17.7 Å². The molecule has 0 spiro atoms. The lowest BCUT2D eigenvalue weighted by molar-refractivity contribution is 0.0953. The van der Waals surface area contributed by atoms with E-state index in [0.29, 0.717) is 12.1 Å². The Hall–Kier alpha value is -0.900. The van der Waals surface area contributed by atoms with Crippen LogP contribution in [0.1, 0.15) is 17.5 Å². The fourth-order valence-electron chi connectivity index (χ4n) is 3.04. The minimum absolute atomic E-state index is 0.483. The average molecular weight is 232 g/mol. The Labute approximate surface area is 103 Å². The fraction of sp³-hybridized carbons (Fsp3) is 0.571. The molecule has 2 N–H and O–H groups in total. The number of hydrogen-bond donors (Lipinski definition) is 1. The van der Waals surface area contributed by atoms with Gasteiger partial charge in [0, 0.05) is 31.8 Å². The van der Waals surface area contributed by atoms with Crippen molar-refractivity contribution in [2.45, 2.75) is 31.5 Å². The van der Waals surface area contributed by atoms with Crippen LogP contribution >= 0.6 is 0 Å². The van der Waals surface area contributed by atoms with Crippen molar-refractivity contribution in [2.75, 3.05) is 19.8 Å². The first-order valence-electron chi connectivity index (χ1n) is 6.49. The summed E-state index contributed by atoms with van der Waals surface area (Å²) in [5.74, 6) is 0. The van der Waals surface area contributed by atoms with Crippen molar-refractivity contribution in [3.05, 3.63) is 35.4 Å². The predicted molar refractivity (Wildman–Crippen MR) is 67.8 cm³/mol. The molecule has 17 heavy (non-hydrogen) atoms. The van der Waals surface area contributed by atoms with Crippen molar-refractivity contribution in [2.24, 2.45) is 5.73 Å². The lowest BCUT2D eigenvalue weighted by atomic mass is 9.92. The molecule has 0 bridgehead atoms. The van der Waals surface area contributed by atoms with Gasteiger partial charge in [-0.25, -0.2) is 0 Å². The number of nitrogens with zero attached hydrogens (tertiary/aromatic N) is 1. The zero-order valence-electron chi connectivity index (χ0n) is 10.1. The number of hydrogen-bond acceptors (Lipinski definition) is 3. The monoisotopic (exact) mass is 232 g/mol. The average Bonchev–Trinajstić information content (AvgIpc) is 2.91. The van der Waals surface area contributed by atoms with Gasteiger partial charge in [-0.2, -0.15) is 0 Å². The Kier molecular flexibility index (Phi) is 3.14. The lowest BCUT2D eigenvalue weighted by Crippen LogP contribution is -2.50. The maximum Gasteiger partial charge on any atom is 0.0622 e. The largest absolute Gasteiger partial charge is 0.380 e. The molecule has 1 aromatic rings. The van der Waals surface area contributed by atoms with Gasteiger partial charge in [0.15, 0.2) is 0 Å². The van der Waals surface area contributed by atoms with Gasteiger partial charge < -0.3 is 10.5 Å². The van der Waals surface area contributed by atoms with Gasteiger partial charge >= 0.3 is 0 Å². The van der Waals surface area contributed by atoms with Crippen LogP contribution in [0.25, 0.3) is 0 Å². The highest BCUT2D eigenvalue weighted by molar-refractivity contribution is 5.30. The van der Waals surface area contributed by atoms with E-state index < -0.39 is 0 Å². The topological polar surface area (TPSA) is 38.5 Å². The van der Waals surface area contributed by atoms with E-state index in [4.69, 9.17) is 10.5 Å². The minimum atomic E-state index is 0.483. The van der Waals surface area contributed by atoms with Crippen LogP contribution in [-0.4, -0.2) is 36.7 Å². The molecule has 0 radical (unpaired) electrons. The highest BCUT2D eigenvalue weighted by atomic mass is 16.5. The van der Waals surface area contributed by atoms with Crippen LogP contribution in [0, 0.1) is 0 Å². The van der Waals surface area contributed by atoms with Crippen molar-refractivity contribution in [3.63, 3.8) is 0 Å². The Morgan fingerprint density at radius 3 is 2.82 bits per heavy atom. The first-order chi connectivity index (χ1) is 8.38. The number of benzene rings is 1. The molecule has 2 aliphatic rings. The summed E-state index contributed by atoms with van der Waals surface area (Å²) in [4.78, 5) is 2.55. The zero-order chi connectivity index (χ0) is 11.7. The lowest BCUT2D eigenvalue weighted by Gasteiger charge is -2.39. The van der Waals surface area contributed by atoms with E-state index in [0.717, 1.165) is 39.1 Å². The molecule has 92 valence electrons. The Morgan fingerprint density at radius 2 is 2.12 bits per heavy atom. The van der Waals surface area contributed by atoms with E-state index in [1.807, 2.05) is 0 Å². The molecule has 0 aliphatic carbocycles. The number of fused-ring (bicyclic) bond motifs is 1. The predicted octanol–water partition coefficient (Wildman–Crippen LogP) is 1.16. The molecule has 3 heteroatoms. The van der Waals surface area contributed by atoms with E-state index in [-0.39, 0.29) is 0 Å². The summed E-state index contributed by atoms with van der Waals surface area (Å²) >= 11 is 0.